The van der Waals surface area contributed by atoms with E-state index in [4.69, 9.17) is 4.52 Å². The molecule has 0 saturated heterocycles. The highest BCUT2D eigenvalue weighted by atomic mass is 19.1. The molecule has 1 heterocycles. The van der Waals surface area contributed by atoms with Crippen LogP contribution >= 0.6 is 0 Å². The highest BCUT2D eigenvalue weighted by Crippen LogP contribution is 2.39. The summed E-state index contributed by atoms with van der Waals surface area (Å²) in [4.78, 5) is 12.2. The third-order valence-corrected chi connectivity index (χ3v) is 4.24. The van der Waals surface area contributed by atoms with E-state index in [9.17, 15) is 9.18 Å². The molecular weight excluding hydrogens is 271 g/mol. The van der Waals surface area contributed by atoms with Gasteiger partial charge in [0.05, 0.1) is 11.7 Å². The van der Waals surface area contributed by atoms with Gasteiger partial charge in [0, 0.05) is 12.0 Å². The van der Waals surface area contributed by atoms with Crippen molar-refractivity contribution in [2.45, 2.75) is 37.6 Å². The quantitative estimate of drug-likeness (QED) is 0.943. The minimum absolute atomic E-state index is 0.0809. The van der Waals surface area contributed by atoms with Crippen LogP contribution in [0.1, 0.15) is 58.6 Å². The van der Waals surface area contributed by atoms with Gasteiger partial charge in [0.15, 0.2) is 0 Å². The van der Waals surface area contributed by atoms with Crippen LogP contribution in [0.2, 0.25) is 0 Å². The molecule has 1 N–H and O–H groups in total. The van der Waals surface area contributed by atoms with E-state index in [1.807, 2.05) is 0 Å². The number of halogens is 1. The first-order valence-corrected chi connectivity index (χ1v) is 7.26. The standard InChI is InChI=1S/C16H15FN2O2/c17-11-4-5-12-10(7-11)3-6-13(12)18-16(20)15-8-14(19-21-15)9-1-2-9/h4-5,7-9,13H,1-3,6H2,(H,18,20). The van der Waals surface area contributed by atoms with E-state index in [0.29, 0.717) is 5.92 Å². The van der Waals surface area contributed by atoms with Crippen molar-refractivity contribution in [2.75, 3.05) is 0 Å². The largest absolute Gasteiger partial charge is 0.351 e. The Morgan fingerprint density at radius 1 is 1.29 bits per heavy atom. The van der Waals surface area contributed by atoms with Crippen LogP contribution in [-0.4, -0.2) is 11.1 Å². The summed E-state index contributed by atoms with van der Waals surface area (Å²) in [5.74, 6) is 0.236. The summed E-state index contributed by atoms with van der Waals surface area (Å²) in [7, 11) is 0. The monoisotopic (exact) mass is 286 g/mol. The molecule has 0 radical (unpaired) electrons. The van der Waals surface area contributed by atoms with Crippen LogP contribution in [0.15, 0.2) is 28.8 Å². The first-order valence-electron chi connectivity index (χ1n) is 7.26. The van der Waals surface area contributed by atoms with E-state index in [2.05, 4.69) is 10.5 Å². The Hall–Kier alpha value is -2.17. The number of nitrogens with one attached hydrogen (secondary N) is 1. The average Bonchev–Trinajstić information content (AvgIpc) is 3.07. The smallest absolute Gasteiger partial charge is 0.290 e. The van der Waals surface area contributed by atoms with Gasteiger partial charge < -0.3 is 9.84 Å². The number of nitrogens with zero attached hydrogens (tertiary/aromatic N) is 1. The molecule has 1 atom stereocenters. The van der Waals surface area contributed by atoms with Crippen molar-refractivity contribution in [1.29, 1.82) is 0 Å². The van der Waals surface area contributed by atoms with Gasteiger partial charge in [-0.3, -0.25) is 4.79 Å². The molecule has 5 heteroatoms. The molecule has 1 fully saturated rings. The normalized spacial score (nSPS) is 20.3. The summed E-state index contributed by atoms with van der Waals surface area (Å²) < 4.78 is 18.3. The Morgan fingerprint density at radius 2 is 2.14 bits per heavy atom. The lowest BCUT2D eigenvalue weighted by molar-refractivity contribution is 0.0899. The Bertz CT molecular complexity index is 706. The van der Waals surface area contributed by atoms with Gasteiger partial charge in [-0.15, -0.1) is 0 Å². The Labute approximate surface area is 121 Å². The molecule has 1 aromatic carbocycles. The Kier molecular flexibility index (Phi) is 2.80. The zero-order valence-corrected chi connectivity index (χ0v) is 11.4. The van der Waals surface area contributed by atoms with Crippen LogP contribution in [-0.2, 0) is 6.42 Å². The second-order valence-corrected chi connectivity index (χ2v) is 5.80. The van der Waals surface area contributed by atoms with Gasteiger partial charge in [-0.1, -0.05) is 11.2 Å². The molecule has 1 aromatic heterocycles. The lowest BCUT2D eigenvalue weighted by Crippen LogP contribution is -2.26. The maximum Gasteiger partial charge on any atom is 0.290 e. The third kappa shape index (κ3) is 2.33. The van der Waals surface area contributed by atoms with Crippen LogP contribution in [0.3, 0.4) is 0 Å². The fourth-order valence-electron chi connectivity index (χ4n) is 2.93. The number of hydrogen-bond donors (Lipinski definition) is 1. The Balaban J connectivity index is 1.50. The summed E-state index contributed by atoms with van der Waals surface area (Å²) in [6, 6.07) is 6.37. The lowest BCUT2D eigenvalue weighted by Gasteiger charge is -2.12. The molecule has 1 amide bonds. The van der Waals surface area contributed by atoms with Crippen molar-refractivity contribution in [3.8, 4) is 0 Å². The van der Waals surface area contributed by atoms with Crippen LogP contribution < -0.4 is 5.32 Å². The fourth-order valence-corrected chi connectivity index (χ4v) is 2.93. The van der Waals surface area contributed by atoms with Gasteiger partial charge >= 0.3 is 0 Å². The van der Waals surface area contributed by atoms with Gasteiger partial charge in [-0.05, 0) is 48.9 Å². The van der Waals surface area contributed by atoms with E-state index in [-0.39, 0.29) is 23.5 Å². The van der Waals surface area contributed by atoms with Crippen LogP contribution in [0.5, 0.6) is 0 Å². The van der Waals surface area contributed by atoms with E-state index >= 15 is 0 Å². The number of carbonyl (C=O) groups is 1. The molecule has 21 heavy (non-hydrogen) atoms. The second-order valence-electron chi connectivity index (χ2n) is 5.80. The number of aryl methyl sites for hydroxylation is 1. The molecule has 1 saturated carbocycles. The SMILES string of the molecule is O=C(NC1CCc2cc(F)ccc21)c1cc(C2CC2)no1. The van der Waals surface area contributed by atoms with E-state index < -0.39 is 0 Å². The van der Waals surface area contributed by atoms with Crippen molar-refractivity contribution in [1.82, 2.24) is 10.5 Å². The highest BCUT2D eigenvalue weighted by Gasteiger charge is 2.30. The van der Waals surface area contributed by atoms with Crippen molar-refractivity contribution >= 4 is 5.91 Å². The number of hydrogen-bond acceptors (Lipinski definition) is 3. The zero-order valence-electron chi connectivity index (χ0n) is 11.4. The average molecular weight is 286 g/mol. The minimum Gasteiger partial charge on any atom is -0.351 e. The first-order chi connectivity index (χ1) is 10.2. The van der Waals surface area contributed by atoms with Crippen LogP contribution in [0.4, 0.5) is 4.39 Å². The van der Waals surface area contributed by atoms with Crippen molar-refractivity contribution in [2.24, 2.45) is 0 Å². The number of amides is 1. The summed E-state index contributed by atoms with van der Waals surface area (Å²) in [5.41, 5.74) is 2.83. The highest BCUT2D eigenvalue weighted by molar-refractivity contribution is 5.91. The van der Waals surface area contributed by atoms with Gasteiger partial charge in [0.1, 0.15) is 5.82 Å². The van der Waals surface area contributed by atoms with E-state index in [1.54, 1.807) is 18.2 Å². The molecule has 2 aromatic rings. The molecule has 4 rings (SSSR count). The molecule has 4 nitrogen and oxygen atoms in total. The zero-order chi connectivity index (χ0) is 14.4. The van der Waals surface area contributed by atoms with E-state index in [0.717, 1.165) is 42.5 Å². The predicted molar refractivity (Wildman–Crippen MR) is 73.4 cm³/mol. The van der Waals surface area contributed by atoms with Crippen molar-refractivity contribution in [3.05, 3.63) is 52.7 Å². The topological polar surface area (TPSA) is 55.1 Å². The molecule has 2 aliphatic rings. The number of rotatable bonds is 3. The van der Waals surface area contributed by atoms with E-state index in [1.165, 1.54) is 6.07 Å². The molecule has 108 valence electrons. The van der Waals surface area contributed by atoms with Crippen LogP contribution in [0.25, 0.3) is 0 Å². The van der Waals surface area contributed by atoms with Crippen molar-refractivity contribution in [3.63, 3.8) is 0 Å². The summed E-state index contributed by atoms with van der Waals surface area (Å²) in [6.07, 6.45) is 3.81. The minimum atomic E-state index is -0.253. The fraction of sp³-hybridized carbons (Fsp3) is 0.375. The number of carbonyl (C=O) groups excluding carboxylic acids is 1. The number of aromatic nitrogens is 1. The maximum atomic E-state index is 13.2. The molecule has 0 aliphatic heterocycles. The van der Waals surface area contributed by atoms with Gasteiger partial charge in [0.2, 0.25) is 5.76 Å². The first kappa shape index (κ1) is 12.6. The third-order valence-electron chi connectivity index (χ3n) is 4.24. The van der Waals surface area contributed by atoms with Crippen molar-refractivity contribution < 1.29 is 13.7 Å². The summed E-state index contributed by atoms with van der Waals surface area (Å²) >= 11 is 0. The predicted octanol–water partition coefficient (Wildman–Crippen LogP) is 3.11. The van der Waals surface area contributed by atoms with Gasteiger partial charge in [-0.25, -0.2) is 4.39 Å². The molecule has 0 spiro atoms. The number of benzene rings is 1. The van der Waals surface area contributed by atoms with Gasteiger partial charge in [-0.2, -0.15) is 0 Å². The lowest BCUT2D eigenvalue weighted by atomic mass is 10.1. The number of fused-ring (bicyclic) bond motifs is 1. The maximum absolute atomic E-state index is 13.2. The second kappa shape index (κ2) is 4.69. The molecule has 2 aliphatic carbocycles. The van der Waals surface area contributed by atoms with Gasteiger partial charge in [0.25, 0.3) is 5.91 Å². The summed E-state index contributed by atoms with van der Waals surface area (Å²) in [6.45, 7) is 0. The molecule has 1 unspecified atom stereocenters. The molecular formula is C16H15FN2O2. The van der Waals surface area contributed by atoms with Crippen LogP contribution in [0, 0.1) is 5.82 Å². The molecule has 0 bridgehead atoms. The Morgan fingerprint density at radius 3 is 2.95 bits per heavy atom. The summed E-state index contributed by atoms with van der Waals surface area (Å²) in [5, 5.41) is 6.89.